The van der Waals surface area contributed by atoms with E-state index < -0.39 is 18.2 Å². The minimum atomic E-state index is -0.771. The van der Waals surface area contributed by atoms with Gasteiger partial charge in [-0.1, -0.05) is 71.7 Å². The van der Waals surface area contributed by atoms with Crippen molar-refractivity contribution in [2.24, 2.45) is 11.8 Å². The third-order valence-electron chi connectivity index (χ3n) is 12.3. The molecule has 0 bridgehead atoms. The number of benzene rings is 2. The van der Waals surface area contributed by atoms with E-state index in [1.165, 1.54) is 7.11 Å². The summed E-state index contributed by atoms with van der Waals surface area (Å²) in [4.78, 5) is 71.4. The number of carbonyl (C=O) groups is 4. The quantitative estimate of drug-likeness (QED) is 0.116. The van der Waals surface area contributed by atoms with Gasteiger partial charge in [0.1, 0.15) is 45.4 Å². The zero-order chi connectivity index (χ0) is 41.8. The number of methoxy groups -OCH3 is 1. The van der Waals surface area contributed by atoms with E-state index in [4.69, 9.17) is 47.4 Å². The zero-order valence-corrected chi connectivity index (χ0v) is 35.0. The fourth-order valence-electron chi connectivity index (χ4n) is 9.17. The lowest BCUT2D eigenvalue weighted by molar-refractivity contribution is -0.139. The number of halogens is 2. The first-order valence-corrected chi connectivity index (χ1v) is 21.5. The normalized spacial score (nSPS) is 22.9. The molecule has 2 aromatic heterocycles. The molecule has 2 aromatic carbocycles. The van der Waals surface area contributed by atoms with Crippen LogP contribution >= 0.6 is 23.2 Å². The van der Waals surface area contributed by atoms with Gasteiger partial charge in [0.05, 0.1) is 32.4 Å². The van der Waals surface area contributed by atoms with Crippen LogP contribution in [0.4, 0.5) is 4.79 Å². The minimum absolute atomic E-state index is 0.0774. The van der Waals surface area contributed by atoms with Gasteiger partial charge in [-0.2, -0.15) is 0 Å². The number of ether oxygens (including phenoxy) is 3. The molecule has 4 saturated heterocycles. The SMILES string of the molecule is COC(=O)NC(C(=O)N1CCCC1c1nc(-c2ccc(-c3ccc(-c4nc(C5CCCN5C(=O)C(NC=O)C5CCCOC5)[nH]c4Cl)cc3)cc2)c(Cl)[nH]1)[C@H]1CCCOC1. The summed E-state index contributed by atoms with van der Waals surface area (Å²) in [5.41, 5.74) is 4.80. The van der Waals surface area contributed by atoms with Crippen LogP contribution in [0.3, 0.4) is 0 Å². The van der Waals surface area contributed by atoms with Gasteiger partial charge < -0.3 is 44.6 Å². The summed E-state index contributed by atoms with van der Waals surface area (Å²) in [6.45, 7) is 3.23. The third kappa shape index (κ3) is 8.76. The van der Waals surface area contributed by atoms with Gasteiger partial charge in [-0.15, -0.1) is 0 Å². The van der Waals surface area contributed by atoms with Crippen LogP contribution in [0.1, 0.15) is 75.1 Å². The number of alkyl carbamates (subject to hydrolysis) is 1. The smallest absolute Gasteiger partial charge is 0.407 e. The van der Waals surface area contributed by atoms with Crippen molar-refractivity contribution < 1.29 is 33.4 Å². The number of nitrogens with zero attached hydrogens (tertiary/aromatic N) is 4. The van der Waals surface area contributed by atoms with Gasteiger partial charge in [-0.25, -0.2) is 14.8 Å². The van der Waals surface area contributed by atoms with E-state index in [9.17, 15) is 19.2 Å². The van der Waals surface area contributed by atoms with Crippen LogP contribution in [0, 0.1) is 11.8 Å². The lowest BCUT2D eigenvalue weighted by Gasteiger charge is -2.34. The second-order valence-electron chi connectivity index (χ2n) is 15.9. The Hall–Kier alpha value is -4.96. The Morgan fingerprint density at radius 3 is 1.60 bits per heavy atom. The van der Waals surface area contributed by atoms with Gasteiger partial charge in [0.2, 0.25) is 18.2 Å². The molecule has 4 fully saturated rings. The summed E-state index contributed by atoms with van der Waals surface area (Å²) in [6.07, 6.45) is 6.23. The molecule has 4 aliphatic rings. The maximum Gasteiger partial charge on any atom is 0.407 e. The Morgan fingerprint density at radius 1 is 0.717 bits per heavy atom. The number of hydrogen-bond donors (Lipinski definition) is 4. The van der Waals surface area contributed by atoms with Gasteiger partial charge >= 0.3 is 6.09 Å². The monoisotopic (exact) mass is 860 g/mol. The lowest BCUT2D eigenvalue weighted by Crippen LogP contribution is -2.53. The number of carbonyl (C=O) groups excluding carboxylic acids is 4. The van der Waals surface area contributed by atoms with Crippen molar-refractivity contribution in [1.82, 2.24) is 40.4 Å². The van der Waals surface area contributed by atoms with Gasteiger partial charge in [0.15, 0.2) is 0 Å². The van der Waals surface area contributed by atoms with E-state index >= 15 is 0 Å². The topological polar surface area (TPSA) is 184 Å². The fraction of sp³-hybridized carbons (Fsp3) is 0.488. The number of hydrogen-bond acceptors (Lipinski definition) is 9. The molecule has 8 rings (SSSR count). The fourth-order valence-corrected chi connectivity index (χ4v) is 9.67. The summed E-state index contributed by atoms with van der Waals surface area (Å²) in [5.74, 6) is 0.664. The van der Waals surface area contributed by atoms with Crippen molar-refractivity contribution in [2.45, 2.75) is 75.5 Å². The number of aromatic nitrogens is 4. The Bertz CT molecular complexity index is 2150. The highest BCUT2D eigenvalue weighted by atomic mass is 35.5. The van der Waals surface area contributed by atoms with Crippen molar-refractivity contribution in [1.29, 1.82) is 0 Å². The van der Waals surface area contributed by atoms with Crippen LogP contribution in [0.15, 0.2) is 48.5 Å². The Balaban J connectivity index is 0.943. The van der Waals surface area contributed by atoms with Gasteiger partial charge in [-0.05, 0) is 62.5 Å². The van der Waals surface area contributed by atoms with E-state index in [0.29, 0.717) is 85.7 Å². The molecular weight excluding hydrogens is 811 g/mol. The maximum atomic E-state index is 14.0. The molecule has 5 unspecified atom stereocenters. The number of H-pyrrole nitrogens is 2. The van der Waals surface area contributed by atoms with E-state index in [-0.39, 0.29) is 35.7 Å². The molecule has 6 heterocycles. The zero-order valence-electron chi connectivity index (χ0n) is 33.5. The summed E-state index contributed by atoms with van der Waals surface area (Å²) < 4.78 is 16.1. The number of imidazole rings is 2. The number of amides is 4. The van der Waals surface area contributed by atoms with E-state index in [2.05, 4.69) is 20.6 Å². The number of rotatable bonds is 12. The van der Waals surface area contributed by atoms with Crippen LogP contribution in [0.25, 0.3) is 33.6 Å². The molecule has 6 atom stereocenters. The maximum absolute atomic E-state index is 14.0. The van der Waals surface area contributed by atoms with Gasteiger partial charge in [0.25, 0.3) is 0 Å². The van der Waals surface area contributed by atoms with E-state index in [1.807, 2.05) is 48.5 Å². The van der Waals surface area contributed by atoms with Crippen LogP contribution in [-0.4, -0.2) is 113 Å². The molecule has 4 aliphatic heterocycles. The van der Waals surface area contributed by atoms with Crippen molar-refractivity contribution >= 4 is 47.5 Å². The van der Waals surface area contributed by atoms with E-state index in [1.54, 1.807) is 9.80 Å². The predicted octanol–water partition coefficient (Wildman–Crippen LogP) is 6.46. The number of aromatic amines is 2. The van der Waals surface area contributed by atoms with Crippen LogP contribution in [0.5, 0.6) is 0 Å². The van der Waals surface area contributed by atoms with Crippen molar-refractivity contribution in [3.8, 4) is 33.6 Å². The van der Waals surface area contributed by atoms with Gasteiger partial charge in [-0.3, -0.25) is 14.4 Å². The molecule has 4 aromatic rings. The largest absolute Gasteiger partial charge is 0.453 e. The average molecular weight is 862 g/mol. The molecule has 15 nitrogen and oxygen atoms in total. The Morgan fingerprint density at radius 2 is 1.17 bits per heavy atom. The average Bonchev–Trinajstić information content (AvgIpc) is 4.12. The first kappa shape index (κ1) is 41.8. The number of likely N-dealkylation sites (tertiary alicyclic amines) is 2. The highest BCUT2D eigenvalue weighted by Crippen LogP contribution is 2.38. The molecule has 17 heteroatoms. The third-order valence-corrected chi connectivity index (χ3v) is 12.8. The second kappa shape index (κ2) is 18.8. The molecule has 0 radical (unpaired) electrons. The van der Waals surface area contributed by atoms with Crippen LogP contribution in [-0.2, 0) is 28.6 Å². The number of nitrogens with one attached hydrogen (secondary N) is 4. The standard InChI is InChI=1S/C43H50Cl2N8O7/c1-58-43(57)49-36(30-7-5-21-60-23-30)42(56)53-19-3-9-32(53)40-48-34(38(45)51-40)28-16-12-26(13-17-28)25-10-14-27(15-11-25)33-37(44)50-39(47-33)31-8-2-18-52(31)41(55)35(46-24-54)29-6-4-20-59-22-29/h10-17,24,29-32,35-36H,2-9,18-23H2,1H3,(H,46,54)(H,47,50)(H,48,51)(H,49,57)/t29?,30-,31?,32?,35?,36?/m0/s1. The highest BCUT2D eigenvalue weighted by molar-refractivity contribution is 6.32. The van der Waals surface area contributed by atoms with E-state index in [0.717, 1.165) is 67.2 Å². The minimum Gasteiger partial charge on any atom is -0.453 e. The molecule has 0 spiro atoms. The van der Waals surface area contributed by atoms with Gasteiger partial charge in [0, 0.05) is 49.3 Å². The van der Waals surface area contributed by atoms with Crippen molar-refractivity contribution in [2.75, 3.05) is 46.6 Å². The summed E-state index contributed by atoms with van der Waals surface area (Å²) >= 11 is 13.5. The Labute approximate surface area is 358 Å². The summed E-state index contributed by atoms with van der Waals surface area (Å²) in [5, 5.41) is 6.30. The van der Waals surface area contributed by atoms with Crippen LogP contribution < -0.4 is 10.6 Å². The second-order valence-corrected chi connectivity index (χ2v) is 16.7. The molecule has 60 heavy (non-hydrogen) atoms. The predicted molar refractivity (Wildman–Crippen MR) is 224 cm³/mol. The Kier molecular flexibility index (Phi) is 13.1. The first-order valence-electron chi connectivity index (χ1n) is 20.8. The van der Waals surface area contributed by atoms with Crippen LogP contribution in [0.2, 0.25) is 10.3 Å². The highest BCUT2D eigenvalue weighted by Gasteiger charge is 2.41. The summed E-state index contributed by atoms with van der Waals surface area (Å²) in [7, 11) is 1.29. The van der Waals surface area contributed by atoms with Crippen molar-refractivity contribution in [3.63, 3.8) is 0 Å². The van der Waals surface area contributed by atoms with Crippen molar-refractivity contribution in [3.05, 3.63) is 70.5 Å². The molecule has 4 amide bonds. The molecular formula is C43H50Cl2N8O7. The lowest BCUT2D eigenvalue weighted by atomic mass is 9.92. The summed E-state index contributed by atoms with van der Waals surface area (Å²) in [6, 6.07) is 13.9. The molecule has 318 valence electrons. The molecule has 0 aliphatic carbocycles. The first-order chi connectivity index (χ1) is 29.2. The molecule has 0 saturated carbocycles. The molecule has 4 N–H and O–H groups in total.